The van der Waals surface area contributed by atoms with Crippen molar-refractivity contribution in [2.75, 3.05) is 19.7 Å². The molecule has 1 aliphatic heterocycles. The number of amides is 1. The van der Waals surface area contributed by atoms with E-state index in [1.165, 1.54) is 5.56 Å². The van der Waals surface area contributed by atoms with Crippen molar-refractivity contribution in [1.29, 1.82) is 5.26 Å². The summed E-state index contributed by atoms with van der Waals surface area (Å²) in [7, 11) is 0. The van der Waals surface area contributed by atoms with E-state index in [2.05, 4.69) is 23.2 Å². The molecule has 1 atom stereocenters. The van der Waals surface area contributed by atoms with Gasteiger partial charge in [0.25, 0.3) is 0 Å². The Hall–Kier alpha value is -3.92. The number of hydrogen-bond acceptors (Lipinski definition) is 6. The van der Waals surface area contributed by atoms with Gasteiger partial charge in [0.2, 0.25) is 0 Å². The van der Waals surface area contributed by atoms with Gasteiger partial charge in [-0.3, -0.25) is 0 Å². The molecule has 4 rings (SSSR count). The molecule has 1 aromatic heterocycles. The van der Waals surface area contributed by atoms with Crippen LogP contribution in [0, 0.1) is 24.2 Å². The Morgan fingerprint density at radius 3 is 2.46 bits per heavy atom. The molecule has 7 heteroatoms. The van der Waals surface area contributed by atoms with Crippen molar-refractivity contribution in [3.05, 3.63) is 65.9 Å². The van der Waals surface area contributed by atoms with Crippen LogP contribution in [0.2, 0.25) is 0 Å². The number of aryl methyl sites for hydroxylation is 1. The summed E-state index contributed by atoms with van der Waals surface area (Å²) >= 11 is 0. The minimum Gasteiger partial charge on any atom is -0.463 e. The number of aromatic nitrogens is 2. The van der Waals surface area contributed by atoms with Crippen LogP contribution in [0.3, 0.4) is 0 Å². The van der Waals surface area contributed by atoms with Crippen molar-refractivity contribution in [3.63, 3.8) is 0 Å². The van der Waals surface area contributed by atoms with Gasteiger partial charge in [0.15, 0.2) is 0 Å². The number of hydrogen-bond donors (Lipinski definition) is 0. The minimum atomic E-state index is -0.513. The average Bonchev–Trinajstić information content (AvgIpc) is 3.32. The molecule has 35 heavy (non-hydrogen) atoms. The van der Waals surface area contributed by atoms with Gasteiger partial charge in [-0.25, -0.2) is 9.78 Å². The van der Waals surface area contributed by atoms with E-state index >= 15 is 0 Å². The van der Waals surface area contributed by atoms with E-state index < -0.39 is 5.60 Å². The van der Waals surface area contributed by atoms with E-state index in [1.807, 2.05) is 52.0 Å². The second-order valence-corrected chi connectivity index (χ2v) is 9.86. The Morgan fingerprint density at radius 1 is 1.11 bits per heavy atom. The molecule has 1 saturated heterocycles. The lowest BCUT2D eigenvalue weighted by Crippen LogP contribution is -2.35. The van der Waals surface area contributed by atoms with Gasteiger partial charge in [-0.15, -0.1) is 0 Å². The Bertz CT molecular complexity index is 1230. The van der Waals surface area contributed by atoms with Crippen LogP contribution < -0.4 is 4.74 Å². The van der Waals surface area contributed by atoms with Crippen LogP contribution in [0.5, 0.6) is 6.01 Å². The number of benzene rings is 2. The van der Waals surface area contributed by atoms with Crippen molar-refractivity contribution >= 4 is 6.09 Å². The van der Waals surface area contributed by atoms with Crippen molar-refractivity contribution in [2.45, 2.75) is 39.7 Å². The molecule has 1 amide bonds. The van der Waals surface area contributed by atoms with E-state index in [4.69, 9.17) is 19.7 Å². The van der Waals surface area contributed by atoms with Gasteiger partial charge in [-0.2, -0.15) is 10.2 Å². The summed E-state index contributed by atoms with van der Waals surface area (Å²) in [5, 5.41) is 9.16. The van der Waals surface area contributed by atoms with Crippen molar-refractivity contribution in [3.8, 4) is 34.5 Å². The summed E-state index contributed by atoms with van der Waals surface area (Å²) in [6.45, 7) is 9.28. The second kappa shape index (κ2) is 10.1. The van der Waals surface area contributed by atoms with Crippen LogP contribution in [-0.4, -0.2) is 46.3 Å². The summed E-state index contributed by atoms with van der Waals surface area (Å²) in [4.78, 5) is 23.3. The summed E-state index contributed by atoms with van der Waals surface area (Å²) in [5.41, 5.74) is 4.76. The highest BCUT2D eigenvalue weighted by molar-refractivity contribution is 5.80. The maximum atomic E-state index is 12.3. The predicted molar refractivity (Wildman–Crippen MR) is 134 cm³/mol. The molecule has 0 N–H and O–H groups in total. The van der Waals surface area contributed by atoms with Crippen molar-refractivity contribution < 1.29 is 14.3 Å². The molecule has 0 spiro atoms. The zero-order valence-electron chi connectivity index (χ0n) is 20.6. The lowest BCUT2D eigenvalue weighted by molar-refractivity contribution is 0.0284. The smallest absolute Gasteiger partial charge is 0.410 e. The first-order valence-electron chi connectivity index (χ1n) is 11.8. The molecule has 0 saturated carbocycles. The lowest BCUT2D eigenvalue weighted by atomic mass is 9.99. The van der Waals surface area contributed by atoms with Crippen molar-refractivity contribution in [1.82, 2.24) is 14.9 Å². The molecular formula is C28H30N4O3. The van der Waals surface area contributed by atoms with Crippen LogP contribution in [0.1, 0.15) is 38.3 Å². The van der Waals surface area contributed by atoms with Gasteiger partial charge in [-0.05, 0) is 51.8 Å². The van der Waals surface area contributed by atoms with Crippen LogP contribution in [0.25, 0.3) is 22.4 Å². The zero-order chi connectivity index (χ0) is 25.0. The first kappa shape index (κ1) is 24.2. The van der Waals surface area contributed by atoms with E-state index in [9.17, 15) is 4.79 Å². The third kappa shape index (κ3) is 6.15. The number of nitriles is 1. The maximum Gasteiger partial charge on any atom is 0.410 e. The number of ether oxygens (including phenoxy) is 2. The van der Waals surface area contributed by atoms with Gasteiger partial charge in [0.05, 0.1) is 23.9 Å². The Morgan fingerprint density at radius 2 is 1.80 bits per heavy atom. The fourth-order valence-electron chi connectivity index (χ4n) is 3.96. The van der Waals surface area contributed by atoms with Crippen LogP contribution >= 0.6 is 0 Å². The summed E-state index contributed by atoms with van der Waals surface area (Å²) in [5.74, 6) is 0.182. The Kier molecular flexibility index (Phi) is 7.02. The van der Waals surface area contributed by atoms with E-state index in [0.717, 1.165) is 28.8 Å². The van der Waals surface area contributed by atoms with Crippen molar-refractivity contribution in [2.24, 2.45) is 5.92 Å². The molecule has 180 valence electrons. The van der Waals surface area contributed by atoms with E-state index in [0.29, 0.717) is 25.3 Å². The number of likely N-dealkylation sites (tertiary alicyclic amines) is 1. The fraction of sp³-hybridized carbons (Fsp3) is 0.357. The highest BCUT2D eigenvalue weighted by Crippen LogP contribution is 2.32. The minimum absolute atomic E-state index is 0.182. The maximum absolute atomic E-state index is 12.3. The van der Waals surface area contributed by atoms with E-state index in [1.54, 1.807) is 23.2 Å². The summed E-state index contributed by atoms with van der Waals surface area (Å²) < 4.78 is 11.5. The van der Waals surface area contributed by atoms with Gasteiger partial charge < -0.3 is 14.4 Å². The largest absolute Gasteiger partial charge is 0.463 e. The van der Waals surface area contributed by atoms with Crippen LogP contribution in [0.15, 0.2) is 54.7 Å². The molecule has 1 fully saturated rings. The third-order valence-corrected chi connectivity index (χ3v) is 5.80. The molecule has 0 radical (unpaired) electrons. The van der Waals surface area contributed by atoms with E-state index in [-0.39, 0.29) is 18.0 Å². The molecule has 0 bridgehead atoms. The molecule has 1 aliphatic rings. The molecule has 2 aromatic carbocycles. The van der Waals surface area contributed by atoms with Gasteiger partial charge in [-0.1, -0.05) is 42.0 Å². The predicted octanol–water partition coefficient (Wildman–Crippen LogP) is 5.63. The number of carbonyl (C=O) groups is 1. The Labute approximate surface area is 206 Å². The quantitative estimate of drug-likeness (QED) is 0.480. The monoisotopic (exact) mass is 470 g/mol. The third-order valence-electron chi connectivity index (χ3n) is 5.80. The first-order valence-corrected chi connectivity index (χ1v) is 11.8. The summed E-state index contributed by atoms with van der Waals surface area (Å²) in [6, 6.07) is 18.0. The molecule has 2 heterocycles. The first-order chi connectivity index (χ1) is 16.7. The lowest BCUT2D eigenvalue weighted by Gasteiger charge is -2.24. The van der Waals surface area contributed by atoms with Crippen LogP contribution in [0.4, 0.5) is 4.79 Å². The number of rotatable bonds is 5. The second-order valence-electron chi connectivity index (χ2n) is 9.86. The zero-order valence-corrected chi connectivity index (χ0v) is 20.6. The van der Waals surface area contributed by atoms with Gasteiger partial charge >= 0.3 is 12.1 Å². The average molecular weight is 471 g/mol. The molecular weight excluding hydrogens is 440 g/mol. The number of carbonyl (C=O) groups excluding carboxylic acids is 1. The molecule has 0 aliphatic carbocycles. The van der Waals surface area contributed by atoms with Crippen LogP contribution in [-0.2, 0) is 4.74 Å². The normalized spacial score (nSPS) is 15.5. The molecule has 0 unspecified atom stereocenters. The fourth-order valence-corrected chi connectivity index (χ4v) is 3.96. The number of nitrogens with zero attached hydrogens (tertiary/aromatic N) is 4. The van der Waals surface area contributed by atoms with Gasteiger partial charge in [0.1, 0.15) is 5.60 Å². The SMILES string of the molecule is Cc1ccc(-c2cnc(OC[C@@H]3CCN(C(=O)OC(C)(C)C)C3)nc2-c2ccc(C#N)cc2)cc1. The van der Waals surface area contributed by atoms with Gasteiger partial charge in [0, 0.05) is 36.3 Å². The topological polar surface area (TPSA) is 88.3 Å². The summed E-state index contributed by atoms with van der Waals surface area (Å²) in [6.07, 6.45) is 2.33. The molecule has 7 nitrogen and oxygen atoms in total. The highest BCUT2D eigenvalue weighted by Gasteiger charge is 2.30. The highest BCUT2D eigenvalue weighted by atomic mass is 16.6. The standard InChI is InChI=1S/C28H30N4O3/c1-19-5-9-22(10-6-19)24-16-30-26(31-25(24)23-11-7-20(15-29)8-12-23)34-18-21-13-14-32(17-21)27(33)35-28(2,3)4/h5-12,16,21H,13-14,17-18H2,1-4H3/t21-/m1/s1. The molecule has 3 aromatic rings. The Balaban J connectivity index is 1.51.